The van der Waals surface area contributed by atoms with Gasteiger partial charge in [-0.1, -0.05) is 0 Å². The van der Waals surface area contributed by atoms with Gasteiger partial charge in [0.2, 0.25) is 0 Å². The van der Waals surface area contributed by atoms with Crippen LogP contribution in [0.5, 0.6) is 0 Å². The molecule has 0 bridgehead atoms. The first-order valence-corrected chi connectivity index (χ1v) is 10.2. The number of aromatic carboxylic acids is 1. The molecule has 206 valence electrons. The van der Waals surface area contributed by atoms with E-state index in [1.807, 2.05) is 13.8 Å². The second-order valence-corrected chi connectivity index (χ2v) is 7.53. The number of fused-ring (bicyclic) bond motifs is 1. The fourth-order valence-corrected chi connectivity index (χ4v) is 2.67. The molecule has 0 saturated carbocycles. The molecule has 0 fully saturated rings. The van der Waals surface area contributed by atoms with E-state index in [2.05, 4.69) is 15.2 Å². The summed E-state index contributed by atoms with van der Waals surface area (Å²) in [6.45, 7) is 7.40. The van der Waals surface area contributed by atoms with Crippen LogP contribution in [0.2, 0.25) is 0 Å². The van der Waals surface area contributed by atoms with Gasteiger partial charge in [0.25, 0.3) is 0 Å². The molecule has 0 aromatic carbocycles. The van der Waals surface area contributed by atoms with E-state index in [9.17, 15) is 36.2 Å². The molecule has 0 spiro atoms. The largest absolute Gasteiger partial charge is 0.490 e. The predicted molar refractivity (Wildman–Crippen MR) is 113 cm³/mol. The molecule has 1 aliphatic heterocycles. The zero-order valence-corrected chi connectivity index (χ0v) is 19.5. The number of carboxylic acid groups (broad SMARTS) is 3. The van der Waals surface area contributed by atoms with Gasteiger partial charge >= 0.3 is 30.3 Å². The summed E-state index contributed by atoms with van der Waals surface area (Å²) in [5, 5.41) is 26.8. The number of methoxy groups -OCH3 is 1. The summed E-state index contributed by atoms with van der Waals surface area (Å²) in [6, 6.07) is 1.93. The highest BCUT2D eigenvalue weighted by Crippen LogP contribution is 2.22. The zero-order chi connectivity index (χ0) is 28.3. The number of nitrogens with one attached hydrogen (secondary N) is 1. The minimum Gasteiger partial charge on any atom is -0.478 e. The van der Waals surface area contributed by atoms with Gasteiger partial charge < -0.3 is 30.3 Å². The van der Waals surface area contributed by atoms with E-state index in [1.165, 1.54) is 0 Å². The average Bonchev–Trinajstić information content (AvgIpc) is 2.92. The Balaban J connectivity index is 0.000000720. The van der Waals surface area contributed by atoms with Crippen molar-refractivity contribution in [2.45, 2.75) is 45.1 Å². The lowest BCUT2D eigenvalue weighted by Crippen LogP contribution is -2.29. The predicted octanol–water partition coefficient (Wildman–Crippen LogP) is 2.91. The van der Waals surface area contributed by atoms with Crippen LogP contribution in [0.15, 0.2) is 6.07 Å². The Bertz CT molecular complexity index is 868. The third-order valence-electron chi connectivity index (χ3n) is 4.31. The lowest BCUT2D eigenvalue weighted by Gasteiger charge is -2.18. The summed E-state index contributed by atoms with van der Waals surface area (Å²) in [4.78, 5) is 36.2. The minimum absolute atomic E-state index is 0.146. The van der Waals surface area contributed by atoms with Crippen LogP contribution >= 0.6 is 0 Å². The Morgan fingerprint density at radius 3 is 1.89 bits per heavy atom. The quantitative estimate of drug-likeness (QED) is 0.401. The van der Waals surface area contributed by atoms with Gasteiger partial charge in [0.15, 0.2) is 0 Å². The number of nitrogens with zero attached hydrogens (tertiary/aromatic N) is 2. The standard InChI is InChI=1S/C16H25N3O3.2C2HF3O2/c1-11(2)17-15-13(16(20)21)10-12-4-6-19(8-9-22-3)7-5-14(12)18-15;2*3-2(4,5)1(6)7/h10-11H,4-9H2,1-3H3,(H,17,18)(H,20,21);2*(H,6,7). The molecule has 10 nitrogen and oxygen atoms in total. The lowest BCUT2D eigenvalue weighted by molar-refractivity contribution is -0.193. The number of alkyl halides is 6. The van der Waals surface area contributed by atoms with Crippen molar-refractivity contribution in [3.05, 3.63) is 22.9 Å². The Morgan fingerprint density at radius 1 is 1.03 bits per heavy atom. The Labute approximate surface area is 201 Å². The molecular formula is C20H27F6N3O7. The highest BCUT2D eigenvalue weighted by atomic mass is 19.4. The number of hydrogen-bond acceptors (Lipinski definition) is 7. The summed E-state index contributed by atoms with van der Waals surface area (Å²) in [5.74, 6) is -5.97. The average molecular weight is 535 g/mol. The summed E-state index contributed by atoms with van der Waals surface area (Å²) in [7, 11) is 1.71. The van der Waals surface area contributed by atoms with Crippen LogP contribution in [-0.2, 0) is 27.2 Å². The maximum Gasteiger partial charge on any atom is 0.490 e. The van der Waals surface area contributed by atoms with E-state index in [1.54, 1.807) is 13.2 Å². The van der Waals surface area contributed by atoms with Crippen molar-refractivity contribution in [2.24, 2.45) is 0 Å². The fraction of sp³-hybridized carbons (Fsp3) is 0.600. The normalized spacial score (nSPS) is 13.8. The molecule has 2 heterocycles. The Hall–Kier alpha value is -3.14. The number of carbonyl (C=O) groups is 3. The number of halogens is 6. The molecule has 1 aromatic heterocycles. The molecule has 0 aliphatic carbocycles. The minimum atomic E-state index is -5.08. The number of aromatic nitrogens is 1. The van der Waals surface area contributed by atoms with Crippen LogP contribution in [0.1, 0.15) is 35.5 Å². The fourth-order valence-electron chi connectivity index (χ4n) is 2.67. The summed E-state index contributed by atoms with van der Waals surface area (Å²) >= 11 is 0. The van der Waals surface area contributed by atoms with E-state index in [0.717, 1.165) is 43.7 Å². The van der Waals surface area contributed by atoms with Crippen molar-refractivity contribution < 1.29 is 60.8 Å². The Morgan fingerprint density at radius 2 is 1.50 bits per heavy atom. The van der Waals surface area contributed by atoms with Gasteiger partial charge in [0.05, 0.1) is 6.61 Å². The van der Waals surface area contributed by atoms with Crippen LogP contribution in [-0.4, -0.2) is 94.9 Å². The van der Waals surface area contributed by atoms with Crippen molar-refractivity contribution in [3.8, 4) is 0 Å². The van der Waals surface area contributed by atoms with Crippen LogP contribution in [0.4, 0.5) is 32.2 Å². The monoisotopic (exact) mass is 535 g/mol. The van der Waals surface area contributed by atoms with Gasteiger partial charge in [-0.25, -0.2) is 19.4 Å². The van der Waals surface area contributed by atoms with Gasteiger partial charge in [-0.05, 0) is 31.9 Å². The van der Waals surface area contributed by atoms with E-state index >= 15 is 0 Å². The van der Waals surface area contributed by atoms with Crippen molar-refractivity contribution in [1.29, 1.82) is 0 Å². The SMILES string of the molecule is COCCN1CCc2cc(C(=O)O)c(NC(C)C)nc2CC1.O=C(O)C(F)(F)F.O=C(O)C(F)(F)F. The van der Waals surface area contributed by atoms with Crippen LogP contribution in [0.3, 0.4) is 0 Å². The van der Waals surface area contributed by atoms with E-state index in [4.69, 9.17) is 24.5 Å². The van der Waals surface area contributed by atoms with Gasteiger partial charge in [0.1, 0.15) is 11.4 Å². The van der Waals surface area contributed by atoms with E-state index in [0.29, 0.717) is 12.4 Å². The first-order chi connectivity index (χ1) is 16.4. The number of carboxylic acids is 3. The van der Waals surface area contributed by atoms with E-state index < -0.39 is 30.3 Å². The highest BCUT2D eigenvalue weighted by Gasteiger charge is 2.38. The lowest BCUT2D eigenvalue weighted by atomic mass is 10.1. The topological polar surface area (TPSA) is 149 Å². The molecule has 0 saturated heterocycles. The van der Waals surface area contributed by atoms with Crippen molar-refractivity contribution in [1.82, 2.24) is 9.88 Å². The van der Waals surface area contributed by atoms with Crippen LogP contribution in [0.25, 0.3) is 0 Å². The molecule has 0 unspecified atom stereocenters. The number of anilines is 1. The molecule has 0 amide bonds. The van der Waals surface area contributed by atoms with Crippen molar-refractivity contribution >= 4 is 23.7 Å². The van der Waals surface area contributed by atoms with Gasteiger partial charge in [0, 0.05) is 44.9 Å². The van der Waals surface area contributed by atoms with Gasteiger partial charge in [-0.3, -0.25) is 0 Å². The first kappa shape index (κ1) is 32.9. The van der Waals surface area contributed by atoms with Crippen molar-refractivity contribution in [3.63, 3.8) is 0 Å². The molecule has 1 aromatic rings. The first-order valence-electron chi connectivity index (χ1n) is 10.2. The highest BCUT2D eigenvalue weighted by molar-refractivity contribution is 5.93. The van der Waals surface area contributed by atoms with Gasteiger partial charge in [-0.15, -0.1) is 0 Å². The number of ether oxygens (including phenoxy) is 1. The molecule has 2 rings (SSSR count). The number of aliphatic carboxylic acids is 2. The maximum absolute atomic E-state index is 11.5. The number of rotatable bonds is 6. The molecule has 4 N–H and O–H groups in total. The molecule has 16 heteroatoms. The second kappa shape index (κ2) is 14.4. The summed E-state index contributed by atoms with van der Waals surface area (Å²) in [5.41, 5.74) is 2.32. The smallest absolute Gasteiger partial charge is 0.478 e. The molecule has 1 aliphatic rings. The molecule has 36 heavy (non-hydrogen) atoms. The van der Waals surface area contributed by atoms with Gasteiger partial charge in [-0.2, -0.15) is 26.3 Å². The third-order valence-corrected chi connectivity index (χ3v) is 4.31. The molecule has 0 atom stereocenters. The second-order valence-electron chi connectivity index (χ2n) is 7.53. The molecular weight excluding hydrogens is 508 g/mol. The number of hydrogen-bond donors (Lipinski definition) is 4. The van der Waals surface area contributed by atoms with Crippen molar-refractivity contribution in [2.75, 3.05) is 38.7 Å². The molecule has 0 radical (unpaired) electrons. The third kappa shape index (κ3) is 12.5. The van der Waals surface area contributed by atoms with Crippen LogP contribution < -0.4 is 5.32 Å². The summed E-state index contributed by atoms with van der Waals surface area (Å²) < 4.78 is 68.6. The maximum atomic E-state index is 11.5. The zero-order valence-electron chi connectivity index (χ0n) is 19.5. The Kier molecular flexibility index (Phi) is 13.2. The number of pyridine rings is 1. The van der Waals surface area contributed by atoms with E-state index in [-0.39, 0.29) is 11.6 Å². The van der Waals surface area contributed by atoms with Crippen LogP contribution in [0, 0.1) is 0 Å². The summed E-state index contributed by atoms with van der Waals surface area (Å²) in [6.07, 6.45) is -8.50.